The van der Waals surface area contributed by atoms with Gasteiger partial charge in [0, 0.05) is 39.2 Å². The van der Waals surface area contributed by atoms with E-state index in [1.54, 1.807) is 17.0 Å². The summed E-state index contributed by atoms with van der Waals surface area (Å²) in [7, 11) is -3.67. The fourth-order valence-electron chi connectivity index (χ4n) is 4.64. The molecular formula is C28H38N2O7S. The molecule has 208 valence electrons. The third-order valence-corrected chi connectivity index (χ3v) is 7.63. The van der Waals surface area contributed by atoms with Gasteiger partial charge in [-0.15, -0.1) is 0 Å². The molecule has 2 aliphatic heterocycles. The maximum Gasteiger partial charge on any atom is 0.410 e. The number of rotatable bonds is 13. The number of ether oxygens (including phenoxy) is 4. The molecule has 2 N–H and O–H groups in total. The van der Waals surface area contributed by atoms with Crippen LogP contribution in [0.25, 0.3) is 0 Å². The van der Waals surface area contributed by atoms with Crippen molar-refractivity contribution in [3.05, 3.63) is 59.2 Å². The van der Waals surface area contributed by atoms with Gasteiger partial charge in [-0.2, -0.15) is 0 Å². The number of fused-ring (bicyclic) bond motifs is 1. The molecule has 0 saturated carbocycles. The number of nitrogens with zero attached hydrogens (tertiary/aromatic N) is 1. The number of unbranched alkanes of at least 4 members (excludes halogenated alkanes) is 3. The van der Waals surface area contributed by atoms with E-state index < -0.39 is 15.8 Å². The molecule has 0 aliphatic carbocycles. The van der Waals surface area contributed by atoms with Crippen molar-refractivity contribution in [3.8, 4) is 5.75 Å². The second kappa shape index (κ2) is 12.5. The van der Waals surface area contributed by atoms with Gasteiger partial charge >= 0.3 is 6.09 Å². The Morgan fingerprint density at radius 2 is 1.84 bits per heavy atom. The van der Waals surface area contributed by atoms with Crippen molar-refractivity contribution in [3.63, 3.8) is 0 Å². The van der Waals surface area contributed by atoms with E-state index in [-0.39, 0.29) is 17.1 Å². The molecule has 0 radical (unpaired) electrons. The quantitative estimate of drug-likeness (QED) is 0.363. The monoisotopic (exact) mass is 546 g/mol. The number of sulfonamides is 1. The molecule has 2 aromatic rings. The Labute approximate surface area is 225 Å². The number of carbonyl (C=O) groups is 1. The molecule has 1 fully saturated rings. The van der Waals surface area contributed by atoms with Crippen LogP contribution < -0.4 is 9.88 Å². The third-order valence-electron chi connectivity index (χ3n) is 6.72. The standard InChI is InChI=1S/C28H38N2O7S/c1-28(2)35-20-23-18-22(12-13-25(23)37-28)26-19-30(27(31)36-26)14-5-3-4-6-15-34-16-8-10-21-9-7-11-24(17-21)38(29,32)33/h7,9,11-13,17-18,26H,3-6,8,10,14-16,19-20H2,1-2H3,(H2,29,32,33). The summed E-state index contributed by atoms with van der Waals surface area (Å²) < 4.78 is 45.8. The zero-order valence-electron chi connectivity index (χ0n) is 22.2. The highest BCUT2D eigenvalue weighted by atomic mass is 32.2. The molecule has 2 aromatic carbocycles. The van der Waals surface area contributed by atoms with Gasteiger partial charge in [-0.25, -0.2) is 18.4 Å². The van der Waals surface area contributed by atoms with Gasteiger partial charge in [0.15, 0.2) is 0 Å². The fraction of sp³-hybridized carbons (Fsp3) is 0.536. The fourth-order valence-corrected chi connectivity index (χ4v) is 5.22. The van der Waals surface area contributed by atoms with Gasteiger partial charge in [0.25, 0.3) is 0 Å². The summed E-state index contributed by atoms with van der Waals surface area (Å²) in [5.41, 5.74) is 2.86. The number of nitrogens with two attached hydrogens (primary N) is 1. The van der Waals surface area contributed by atoms with E-state index in [9.17, 15) is 13.2 Å². The van der Waals surface area contributed by atoms with Gasteiger partial charge in [-0.05, 0) is 61.1 Å². The van der Waals surface area contributed by atoms with Crippen LogP contribution >= 0.6 is 0 Å². The Kier molecular flexibility index (Phi) is 9.30. The molecule has 1 amide bonds. The van der Waals surface area contributed by atoms with Crippen molar-refractivity contribution < 1.29 is 32.2 Å². The SMILES string of the molecule is CC1(C)OCc2cc(C3CN(CCCCCCOCCCc4cccc(S(N)(=O)=O)c4)C(=O)O3)ccc2O1. The highest BCUT2D eigenvalue weighted by Gasteiger charge is 2.33. The highest BCUT2D eigenvalue weighted by Crippen LogP contribution is 2.35. The number of amides is 1. The molecular weight excluding hydrogens is 508 g/mol. The van der Waals surface area contributed by atoms with Gasteiger partial charge in [-0.1, -0.05) is 31.0 Å². The summed E-state index contributed by atoms with van der Waals surface area (Å²) >= 11 is 0. The lowest BCUT2D eigenvalue weighted by molar-refractivity contribution is -0.180. The molecule has 9 nitrogen and oxygen atoms in total. The van der Waals surface area contributed by atoms with Crippen LogP contribution in [0.3, 0.4) is 0 Å². The molecule has 2 heterocycles. The molecule has 2 aliphatic rings. The normalized spacial score (nSPS) is 18.7. The summed E-state index contributed by atoms with van der Waals surface area (Å²) in [4.78, 5) is 14.3. The number of primary sulfonamides is 1. The highest BCUT2D eigenvalue weighted by molar-refractivity contribution is 7.89. The van der Waals surface area contributed by atoms with E-state index in [1.807, 2.05) is 38.1 Å². The zero-order valence-corrected chi connectivity index (χ0v) is 23.0. The lowest BCUT2D eigenvalue weighted by Crippen LogP contribution is -2.35. The number of hydrogen-bond donors (Lipinski definition) is 1. The summed E-state index contributed by atoms with van der Waals surface area (Å²) in [6.07, 6.45) is 4.94. The number of aryl methyl sites for hydroxylation is 1. The maximum absolute atomic E-state index is 12.4. The first-order valence-corrected chi connectivity index (χ1v) is 14.8. The van der Waals surface area contributed by atoms with Crippen LogP contribution in [0.2, 0.25) is 0 Å². The lowest BCUT2D eigenvalue weighted by atomic mass is 10.0. The third kappa shape index (κ3) is 7.92. The number of cyclic esters (lactones) is 1. The first-order chi connectivity index (χ1) is 18.1. The van der Waals surface area contributed by atoms with E-state index in [2.05, 4.69) is 0 Å². The Bertz CT molecular complexity index is 1220. The predicted molar refractivity (Wildman–Crippen MR) is 142 cm³/mol. The van der Waals surface area contributed by atoms with Gasteiger partial charge < -0.3 is 23.8 Å². The Morgan fingerprint density at radius 3 is 2.66 bits per heavy atom. The smallest absolute Gasteiger partial charge is 0.410 e. The summed E-state index contributed by atoms with van der Waals surface area (Å²) in [6, 6.07) is 12.6. The summed E-state index contributed by atoms with van der Waals surface area (Å²) in [5, 5.41) is 5.18. The van der Waals surface area contributed by atoms with Crippen molar-refractivity contribution in [2.24, 2.45) is 5.14 Å². The summed E-state index contributed by atoms with van der Waals surface area (Å²) in [5.74, 6) is 0.175. The molecule has 1 unspecified atom stereocenters. The van der Waals surface area contributed by atoms with Crippen molar-refractivity contribution >= 4 is 16.1 Å². The molecule has 38 heavy (non-hydrogen) atoms. The maximum atomic E-state index is 12.4. The lowest BCUT2D eigenvalue weighted by Gasteiger charge is -2.32. The molecule has 4 rings (SSSR count). The Morgan fingerprint density at radius 1 is 1.05 bits per heavy atom. The van der Waals surface area contributed by atoms with E-state index in [4.69, 9.17) is 24.1 Å². The van der Waals surface area contributed by atoms with Crippen molar-refractivity contribution in [2.45, 2.75) is 75.8 Å². The van der Waals surface area contributed by atoms with Crippen molar-refractivity contribution in [2.75, 3.05) is 26.3 Å². The molecule has 10 heteroatoms. The average Bonchev–Trinajstić information content (AvgIpc) is 3.24. The topological polar surface area (TPSA) is 117 Å². The predicted octanol–water partition coefficient (Wildman–Crippen LogP) is 4.68. The first-order valence-electron chi connectivity index (χ1n) is 13.2. The van der Waals surface area contributed by atoms with E-state index >= 15 is 0 Å². The number of benzene rings is 2. The van der Waals surface area contributed by atoms with E-state index in [0.29, 0.717) is 32.9 Å². The molecule has 0 spiro atoms. The molecule has 1 atom stereocenters. The minimum atomic E-state index is -3.67. The number of carbonyl (C=O) groups excluding carboxylic acids is 1. The van der Waals surface area contributed by atoms with E-state index in [1.165, 1.54) is 6.07 Å². The second-order valence-corrected chi connectivity index (χ2v) is 11.9. The molecule has 1 saturated heterocycles. The van der Waals surface area contributed by atoms with Gasteiger partial charge in [0.1, 0.15) is 11.9 Å². The van der Waals surface area contributed by atoms with Crippen LogP contribution in [0.15, 0.2) is 47.4 Å². The second-order valence-electron chi connectivity index (χ2n) is 10.3. The van der Waals surface area contributed by atoms with E-state index in [0.717, 1.165) is 61.0 Å². The number of hydrogen-bond acceptors (Lipinski definition) is 7. The van der Waals surface area contributed by atoms with Crippen LogP contribution in [0.5, 0.6) is 5.75 Å². The average molecular weight is 547 g/mol. The van der Waals surface area contributed by atoms with Crippen LogP contribution in [0.1, 0.15) is 68.7 Å². The van der Waals surface area contributed by atoms with Crippen LogP contribution in [0.4, 0.5) is 4.79 Å². The van der Waals surface area contributed by atoms with Crippen molar-refractivity contribution in [1.82, 2.24) is 4.90 Å². The van der Waals surface area contributed by atoms with Crippen LogP contribution in [-0.4, -0.2) is 51.5 Å². The summed E-state index contributed by atoms with van der Waals surface area (Å²) in [6.45, 7) is 6.79. The first kappa shape index (κ1) is 28.4. The molecule has 0 aromatic heterocycles. The van der Waals surface area contributed by atoms with Gasteiger partial charge in [-0.3, -0.25) is 0 Å². The molecule has 0 bridgehead atoms. The van der Waals surface area contributed by atoms with Crippen molar-refractivity contribution in [1.29, 1.82) is 0 Å². The van der Waals surface area contributed by atoms with Crippen LogP contribution in [0, 0.1) is 0 Å². The Balaban J connectivity index is 1.07. The largest absolute Gasteiger partial charge is 0.463 e. The zero-order chi connectivity index (χ0) is 27.2. The minimum Gasteiger partial charge on any atom is -0.463 e. The van der Waals surface area contributed by atoms with Crippen LogP contribution in [-0.2, 0) is 37.3 Å². The Hall–Kier alpha value is -2.66. The van der Waals surface area contributed by atoms with Gasteiger partial charge in [0.05, 0.1) is 18.0 Å². The minimum absolute atomic E-state index is 0.140. The van der Waals surface area contributed by atoms with Gasteiger partial charge in [0.2, 0.25) is 15.8 Å².